The molecule has 4 rings (SSSR count). The molecule has 1 saturated heterocycles. The number of nitrogens with zero attached hydrogens (tertiary/aromatic N) is 2. The number of hydrogen-bond donors (Lipinski definition) is 1. The first-order valence-corrected chi connectivity index (χ1v) is 9.32. The fraction of sp³-hybridized carbons (Fsp3) is 0.227. The number of carbonyl (C=O) groups excluding carboxylic acids is 2. The Kier molecular flexibility index (Phi) is 4.93. The molecule has 6 nitrogen and oxygen atoms in total. The molecule has 0 saturated carbocycles. The zero-order valence-electron chi connectivity index (χ0n) is 15.4. The summed E-state index contributed by atoms with van der Waals surface area (Å²) in [5.74, 6) is 0.535. The third-order valence-corrected chi connectivity index (χ3v) is 5.14. The second-order valence-electron chi connectivity index (χ2n) is 6.91. The molecule has 0 aliphatic carbocycles. The monoisotopic (exact) mass is 375 g/mol. The molecule has 2 heterocycles. The van der Waals surface area contributed by atoms with Crippen molar-refractivity contribution in [2.45, 2.75) is 12.8 Å². The number of piperidine rings is 1. The van der Waals surface area contributed by atoms with Crippen LogP contribution in [0.1, 0.15) is 23.2 Å². The number of primary amides is 1. The summed E-state index contributed by atoms with van der Waals surface area (Å²) < 4.78 is 5.94. The van der Waals surface area contributed by atoms with Gasteiger partial charge in [-0.3, -0.25) is 9.59 Å². The van der Waals surface area contributed by atoms with Crippen molar-refractivity contribution in [1.82, 2.24) is 9.88 Å². The first kappa shape index (κ1) is 18.0. The molecule has 6 heteroatoms. The van der Waals surface area contributed by atoms with Crippen LogP contribution in [0.5, 0.6) is 0 Å². The van der Waals surface area contributed by atoms with E-state index >= 15 is 0 Å². The van der Waals surface area contributed by atoms with E-state index in [9.17, 15) is 9.59 Å². The first-order valence-electron chi connectivity index (χ1n) is 9.32. The largest absolute Gasteiger partial charge is 0.436 e. The Balaban J connectivity index is 1.59. The molecule has 2 aromatic carbocycles. The highest BCUT2D eigenvalue weighted by atomic mass is 16.4. The number of benzene rings is 2. The van der Waals surface area contributed by atoms with Crippen LogP contribution < -0.4 is 5.73 Å². The molecule has 142 valence electrons. The molecule has 28 heavy (non-hydrogen) atoms. The number of hydrogen-bond acceptors (Lipinski definition) is 4. The van der Waals surface area contributed by atoms with Crippen LogP contribution in [0.2, 0.25) is 0 Å². The summed E-state index contributed by atoms with van der Waals surface area (Å²) in [6.07, 6.45) is 2.87. The standard InChI is InChI=1S/C22H21N3O3/c23-20(26)16-10-12-25(13-11-16)22(27)18-9-5-4-8-17(18)21-24-14-19(28-21)15-6-2-1-3-7-15/h1-9,14,16H,10-13H2,(H2,23,26). The molecule has 2 N–H and O–H groups in total. The third-order valence-electron chi connectivity index (χ3n) is 5.14. The van der Waals surface area contributed by atoms with Gasteiger partial charge in [0.15, 0.2) is 5.76 Å². The second kappa shape index (κ2) is 7.68. The number of rotatable bonds is 4. The van der Waals surface area contributed by atoms with Crippen LogP contribution in [0.3, 0.4) is 0 Å². The van der Waals surface area contributed by atoms with Gasteiger partial charge < -0.3 is 15.1 Å². The van der Waals surface area contributed by atoms with Gasteiger partial charge in [-0.2, -0.15) is 0 Å². The van der Waals surface area contributed by atoms with Gasteiger partial charge in [-0.15, -0.1) is 0 Å². The van der Waals surface area contributed by atoms with Gasteiger partial charge in [-0.25, -0.2) is 4.98 Å². The maximum atomic E-state index is 13.1. The van der Waals surface area contributed by atoms with Gasteiger partial charge in [0.2, 0.25) is 11.8 Å². The summed E-state index contributed by atoms with van der Waals surface area (Å²) in [4.78, 5) is 30.6. The zero-order chi connectivity index (χ0) is 19.5. The Morgan fingerprint density at radius 2 is 1.68 bits per heavy atom. The van der Waals surface area contributed by atoms with Crippen molar-refractivity contribution in [1.29, 1.82) is 0 Å². The number of likely N-dealkylation sites (tertiary alicyclic amines) is 1. The Bertz CT molecular complexity index is 989. The summed E-state index contributed by atoms with van der Waals surface area (Å²) in [5.41, 5.74) is 7.52. The van der Waals surface area contributed by atoms with E-state index in [1.165, 1.54) is 0 Å². The van der Waals surface area contributed by atoms with Crippen molar-refractivity contribution < 1.29 is 14.0 Å². The summed E-state index contributed by atoms with van der Waals surface area (Å²) in [7, 11) is 0. The Morgan fingerprint density at radius 3 is 2.39 bits per heavy atom. The molecule has 1 aliphatic rings. The molecule has 3 aromatic rings. The Morgan fingerprint density at radius 1 is 1.00 bits per heavy atom. The van der Waals surface area contributed by atoms with Crippen molar-refractivity contribution in [3.05, 3.63) is 66.4 Å². The molecule has 0 bridgehead atoms. The molecule has 0 spiro atoms. The zero-order valence-corrected chi connectivity index (χ0v) is 15.4. The van der Waals surface area contributed by atoms with Gasteiger partial charge in [0.1, 0.15) is 0 Å². The van der Waals surface area contributed by atoms with Gasteiger partial charge in [-0.1, -0.05) is 42.5 Å². The SMILES string of the molecule is NC(=O)C1CCN(C(=O)c2ccccc2-c2ncc(-c3ccccc3)o2)CC1. The number of nitrogens with two attached hydrogens (primary N) is 1. The van der Waals surface area contributed by atoms with E-state index in [0.29, 0.717) is 48.7 Å². The van der Waals surface area contributed by atoms with Crippen LogP contribution in [0.15, 0.2) is 65.2 Å². The van der Waals surface area contributed by atoms with Crippen LogP contribution in [-0.4, -0.2) is 34.8 Å². The molecule has 1 fully saturated rings. The van der Waals surface area contributed by atoms with Crippen LogP contribution in [0, 0.1) is 5.92 Å². The van der Waals surface area contributed by atoms with E-state index in [1.54, 1.807) is 17.2 Å². The highest BCUT2D eigenvalue weighted by Gasteiger charge is 2.28. The molecule has 2 amide bonds. The van der Waals surface area contributed by atoms with Crippen LogP contribution >= 0.6 is 0 Å². The maximum absolute atomic E-state index is 13.1. The fourth-order valence-corrected chi connectivity index (χ4v) is 3.53. The summed E-state index contributed by atoms with van der Waals surface area (Å²) in [5, 5.41) is 0. The lowest BCUT2D eigenvalue weighted by atomic mass is 9.95. The number of amides is 2. The average molecular weight is 375 g/mol. The van der Waals surface area contributed by atoms with Crippen molar-refractivity contribution in [2.24, 2.45) is 11.7 Å². The average Bonchev–Trinajstić information content (AvgIpc) is 3.24. The predicted molar refractivity (Wildman–Crippen MR) is 105 cm³/mol. The van der Waals surface area contributed by atoms with Gasteiger partial charge in [0.25, 0.3) is 5.91 Å². The number of aromatic nitrogens is 1. The van der Waals surface area contributed by atoms with Gasteiger partial charge in [0.05, 0.1) is 11.8 Å². The van der Waals surface area contributed by atoms with E-state index < -0.39 is 0 Å². The molecule has 0 radical (unpaired) electrons. The first-order chi connectivity index (χ1) is 13.6. The van der Waals surface area contributed by atoms with Gasteiger partial charge >= 0.3 is 0 Å². The minimum absolute atomic E-state index is 0.0852. The Labute approximate surface area is 163 Å². The van der Waals surface area contributed by atoms with E-state index in [0.717, 1.165) is 5.56 Å². The molecule has 0 unspecified atom stereocenters. The van der Waals surface area contributed by atoms with Crippen LogP contribution in [-0.2, 0) is 4.79 Å². The quantitative estimate of drug-likeness (QED) is 0.757. The number of carbonyl (C=O) groups is 2. The summed E-state index contributed by atoms with van der Waals surface area (Å²) in [6.45, 7) is 1.03. The molecule has 0 atom stereocenters. The van der Waals surface area contributed by atoms with E-state index in [1.807, 2.05) is 48.5 Å². The maximum Gasteiger partial charge on any atom is 0.254 e. The van der Waals surface area contributed by atoms with Crippen molar-refractivity contribution in [3.63, 3.8) is 0 Å². The minimum Gasteiger partial charge on any atom is -0.436 e. The van der Waals surface area contributed by atoms with Crippen molar-refractivity contribution >= 4 is 11.8 Å². The highest BCUT2D eigenvalue weighted by Crippen LogP contribution is 2.29. The van der Waals surface area contributed by atoms with Gasteiger partial charge in [-0.05, 0) is 25.0 Å². The smallest absolute Gasteiger partial charge is 0.254 e. The van der Waals surface area contributed by atoms with Crippen molar-refractivity contribution in [3.8, 4) is 22.8 Å². The third kappa shape index (κ3) is 3.53. The molecular weight excluding hydrogens is 354 g/mol. The van der Waals surface area contributed by atoms with E-state index in [2.05, 4.69) is 4.98 Å². The Hall–Kier alpha value is -3.41. The molecule has 1 aromatic heterocycles. The topological polar surface area (TPSA) is 89.4 Å². The molecular formula is C22H21N3O3. The van der Waals surface area contributed by atoms with Crippen LogP contribution in [0.4, 0.5) is 0 Å². The molecule has 1 aliphatic heterocycles. The minimum atomic E-state index is -0.291. The van der Waals surface area contributed by atoms with Crippen molar-refractivity contribution in [2.75, 3.05) is 13.1 Å². The second-order valence-corrected chi connectivity index (χ2v) is 6.91. The summed E-state index contributed by atoms with van der Waals surface area (Å²) in [6, 6.07) is 17.0. The lowest BCUT2D eigenvalue weighted by molar-refractivity contribution is -0.123. The fourth-order valence-electron chi connectivity index (χ4n) is 3.53. The lowest BCUT2D eigenvalue weighted by Crippen LogP contribution is -2.41. The normalized spacial score (nSPS) is 14.8. The highest BCUT2D eigenvalue weighted by molar-refractivity contribution is 6.00. The predicted octanol–water partition coefficient (Wildman–Crippen LogP) is 3.35. The summed E-state index contributed by atoms with van der Waals surface area (Å²) >= 11 is 0. The van der Waals surface area contributed by atoms with E-state index in [4.69, 9.17) is 10.2 Å². The van der Waals surface area contributed by atoms with E-state index in [-0.39, 0.29) is 17.7 Å². The van der Waals surface area contributed by atoms with Gasteiger partial charge in [0, 0.05) is 30.1 Å². The van der Waals surface area contributed by atoms with Crippen LogP contribution in [0.25, 0.3) is 22.8 Å². The number of oxazole rings is 1. The lowest BCUT2D eigenvalue weighted by Gasteiger charge is -2.31.